The number of aliphatic carboxylic acids is 1. The van der Waals surface area contributed by atoms with Gasteiger partial charge in [-0.05, 0) is 148 Å². The summed E-state index contributed by atoms with van der Waals surface area (Å²) in [6.45, 7) is 3.48. The molecule has 0 spiro atoms. The summed E-state index contributed by atoms with van der Waals surface area (Å²) >= 11 is 8.77. The average Bonchev–Trinajstić information content (AvgIpc) is 0.844. The van der Waals surface area contributed by atoms with Gasteiger partial charge in [-0.1, -0.05) is 44.2 Å². The molecule has 0 heterocycles. The summed E-state index contributed by atoms with van der Waals surface area (Å²) in [5.41, 5.74) is 57.7. The van der Waals surface area contributed by atoms with Crippen LogP contribution < -0.4 is 116 Å². The maximum Gasteiger partial charge on any atom is 0.326 e. The highest BCUT2D eigenvalue weighted by atomic mass is 32.1. The van der Waals surface area contributed by atoms with Gasteiger partial charge in [-0.3, -0.25) is 67.5 Å². The summed E-state index contributed by atoms with van der Waals surface area (Å²) in [5, 5.41) is 58.1. The van der Waals surface area contributed by atoms with Crippen molar-refractivity contribution in [3.63, 3.8) is 0 Å². The molecule has 0 bridgehead atoms. The third-order valence-electron chi connectivity index (χ3n) is 16.8. The van der Waals surface area contributed by atoms with E-state index in [1.165, 1.54) is 26.0 Å². The number of carbonyl (C=O) groups excluding carboxylic acids is 12. The fourth-order valence-electron chi connectivity index (χ4n) is 11.1. The van der Waals surface area contributed by atoms with Gasteiger partial charge in [0, 0.05) is 23.6 Å². The Kier molecular flexibility index (Phi) is 42.4. The lowest BCUT2D eigenvalue weighted by Gasteiger charge is -2.32. The van der Waals surface area contributed by atoms with Crippen LogP contribution in [0.5, 0.6) is 5.75 Å². The molecule has 1 aromatic rings. The molecular weight excluding hydrogens is 1410 g/mol. The molecule has 0 aliphatic heterocycles. The van der Waals surface area contributed by atoms with Gasteiger partial charge in [-0.2, -0.15) is 25.3 Å². The second-order valence-corrected chi connectivity index (χ2v) is 27.7. The van der Waals surface area contributed by atoms with E-state index in [9.17, 15) is 77.6 Å². The van der Waals surface area contributed by atoms with Crippen LogP contribution in [-0.2, 0) is 68.7 Å². The Balaban J connectivity index is 2.38. The van der Waals surface area contributed by atoms with Crippen LogP contribution in [0.25, 0.3) is 0 Å². The smallest absolute Gasteiger partial charge is 0.326 e. The number of thiol groups is 2. The lowest BCUT2D eigenvalue weighted by Crippen LogP contribution is -2.63. The highest BCUT2D eigenvalue weighted by Crippen LogP contribution is 2.28. The predicted octanol–water partition coefficient (Wildman–Crippen LogP) is -8.17. The number of aromatic hydroxyl groups is 1. The Morgan fingerprint density at radius 2 is 0.876 bits per heavy atom. The zero-order chi connectivity index (χ0) is 79.1. The quantitative estimate of drug-likeness (QED) is 0.0125. The van der Waals surface area contributed by atoms with Gasteiger partial charge in [0.15, 0.2) is 11.9 Å². The van der Waals surface area contributed by atoms with Crippen molar-refractivity contribution in [3.05, 3.63) is 29.8 Å². The Morgan fingerprint density at radius 3 is 1.27 bits per heavy atom. The first-order chi connectivity index (χ1) is 49.5. The summed E-state index contributed by atoms with van der Waals surface area (Å²) in [4.78, 5) is 187. The van der Waals surface area contributed by atoms with Gasteiger partial charge in [0.25, 0.3) is 0 Å². The standard InChI is InChI=1S/C64H113N23O16S2/c1-33(88)48(86-56(97)43(22-26-68)80-51(92)39(14-9-27-75-62(71)72)79-57(98)44(31-47(70)90)83-60(101)49(64(2,3)105)87-50(91)37(69)29-35-16-18-36(89)19-17-35)59(100)82-42(21-25-67)55(96)77-38(13-7-8-23-65)53(94)85-46(32-104)58(99)81-41(20-24-66)54(95)78-40(15-10-28-76-63(73)74)52(93)84-45(61(102)103)30-34-11-5-4-6-12-34/h16-19,33-34,37-46,48-49,88-89,104-105H,4-15,20-32,65-69H2,1-3H3,(H2,70,90)(H,77,96)(H,78,95)(H,79,98)(H,80,92)(H,81,99)(H,82,100)(H,83,101)(H,84,93)(H,85,94)(H,86,97)(H,87,91)(H,102,103)(H4,71,72,75)(H4,73,74,76)/t33-,37+,38+,39+,40+,41+,42-,43+,44+,45+,46+,48+,49-/m1/s1. The Bertz CT molecular complexity index is 3080. The molecule has 1 aromatic carbocycles. The van der Waals surface area contributed by atoms with Gasteiger partial charge in [-0.25, -0.2) is 4.79 Å². The number of unbranched alkanes of at least 4 members (excludes halogenated alkanes) is 1. The van der Waals surface area contributed by atoms with Crippen LogP contribution in [0.2, 0.25) is 0 Å². The summed E-state index contributed by atoms with van der Waals surface area (Å²) < 4.78 is -1.35. The Hall–Kier alpha value is -8.87. The number of benzene rings is 1. The molecule has 1 aliphatic carbocycles. The van der Waals surface area contributed by atoms with Crippen LogP contribution in [0.3, 0.4) is 0 Å². The minimum Gasteiger partial charge on any atom is -0.508 e. The van der Waals surface area contributed by atoms with E-state index >= 15 is 0 Å². The van der Waals surface area contributed by atoms with Crippen LogP contribution >= 0.6 is 25.3 Å². The first kappa shape index (κ1) is 92.2. The molecule has 1 aliphatic rings. The van der Waals surface area contributed by atoms with Crippen LogP contribution in [0.4, 0.5) is 0 Å². The molecule has 13 atom stereocenters. The third kappa shape index (κ3) is 35.2. The predicted molar refractivity (Wildman–Crippen MR) is 396 cm³/mol. The fourth-order valence-corrected chi connectivity index (χ4v) is 11.5. The molecule has 39 nitrogen and oxygen atoms in total. The van der Waals surface area contributed by atoms with Crippen molar-refractivity contribution < 1.29 is 77.6 Å². The molecule has 0 unspecified atom stereocenters. The highest BCUT2D eigenvalue weighted by Gasteiger charge is 2.40. The number of phenols is 1. The Labute approximate surface area is 621 Å². The molecule has 105 heavy (non-hydrogen) atoms. The number of phenolic OH excluding ortho intramolecular Hbond substituents is 1. The van der Waals surface area contributed by atoms with E-state index in [-0.39, 0.29) is 139 Å². The lowest BCUT2D eigenvalue weighted by atomic mass is 9.84. The van der Waals surface area contributed by atoms with Gasteiger partial charge in [-0.15, -0.1) is 0 Å². The summed E-state index contributed by atoms with van der Waals surface area (Å²) in [5.74, 6) is -14.1. The lowest BCUT2D eigenvalue weighted by molar-refractivity contribution is -0.143. The van der Waals surface area contributed by atoms with E-state index in [4.69, 9.17) is 57.3 Å². The number of aliphatic hydroxyl groups is 1. The van der Waals surface area contributed by atoms with E-state index in [1.54, 1.807) is 12.1 Å². The van der Waals surface area contributed by atoms with Gasteiger partial charge in [0.05, 0.1) is 18.6 Å². The topological polar surface area (TPSA) is 700 Å². The first-order valence-electron chi connectivity index (χ1n) is 34.8. The molecule has 0 saturated heterocycles. The molecule has 592 valence electrons. The minimum atomic E-state index is -1.88. The van der Waals surface area contributed by atoms with Crippen molar-refractivity contribution in [2.24, 2.45) is 73.2 Å². The number of aliphatic hydroxyl groups excluding tert-OH is 1. The normalized spacial score (nSPS) is 16.0. The molecule has 34 N–H and O–H groups in total. The minimum absolute atomic E-state index is 0.00636. The first-order valence-corrected chi connectivity index (χ1v) is 35.9. The summed E-state index contributed by atoms with van der Waals surface area (Å²) in [6, 6.07) is -12.3. The van der Waals surface area contributed by atoms with E-state index in [0.717, 1.165) is 39.0 Å². The third-order valence-corrected chi connectivity index (χ3v) is 17.4. The maximum atomic E-state index is 14.3. The van der Waals surface area contributed by atoms with Gasteiger partial charge >= 0.3 is 5.97 Å². The van der Waals surface area contributed by atoms with Crippen LogP contribution in [0.15, 0.2) is 34.3 Å². The zero-order valence-electron chi connectivity index (χ0n) is 59.8. The van der Waals surface area contributed by atoms with E-state index in [1.807, 2.05) is 0 Å². The molecular formula is C64H113N23O16S2. The number of carboxylic acids is 1. The van der Waals surface area contributed by atoms with Gasteiger partial charge in [0.2, 0.25) is 70.9 Å². The number of carbonyl (C=O) groups is 13. The number of rotatable bonds is 50. The molecule has 12 amide bonds. The molecule has 1 saturated carbocycles. The van der Waals surface area contributed by atoms with E-state index in [2.05, 4.69) is 93.7 Å². The number of nitrogens with two attached hydrogens (primary N) is 10. The van der Waals surface area contributed by atoms with E-state index in [0.29, 0.717) is 12.0 Å². The summed E-state index contributed by atoms with van der Waals surface area (Å²) in [6.07, 6.45) is 1.58. The number of nitrogens with zero attached hydrogens (tertiary/aromatic N) is 2. The largest absolute Gasteiger partial charge is 0.508 e. The SMILES string of the molecule is C[C@@H](O)[C@H](NC(=O)[C@H](CCN)NC(=O)[C@H](CCCN=C(N)N)NC(=O)[C@H](CC(N)=O)NC(=O)[C@@H](NC(=O)[C@@H](N)Cc1ccc(O)cc1)C(C)(C)S)C(=O)N[C@H](CCN)C(=O)N[C@@H](CCCCN)C(=O)N[C@@H](CS)C(=O)N[C@@H](CCN)C(=O)N[C@@H](CCCN=C(N)N)C(=O)N[C@@H](CC1CCCCC1)C(=O)O. The number of primary amides is 1. The van der Waals surface area contributed by atoms with Crippen LogP contribution in [-0.4, -0.2) is 232 Å². The number of hydrogen-bond donors (Lipinski definition) is 26. The second-order valence-electron chi connectivity index (χ2n) is 26.2. The maximum absolute atomic E-state index is 14.3. The zero-order valence-corrected chi connectivity index (χ0v) is 61.6. The van der Waals surface area contributed by atoms with Crippen molar-refractivity contribution in [1.82, 2.24) is 58.5 Å². The number of amides is 12. The van der Waals surface area contributed by atoms with Crippen molar-refractivity contribution >= 4 is 114 Å². The van der Waals surface area contributed by atoms with Gasteiger partial charge in [0.1, 0.15) is 72.2 Å². The fraction of sp³-hybridized carbons (Fsp3) is 0.672. The van der Waals surface area contributed by atoms with E-state index < -0.39 is 167 Å². The monoisotopic (exact) mass is 1520 g/mol. The molecule has 2 rings (SSSR count). The van der Waals surface area contributed by atoms with Crippen LogP contribution in [0, 0.1) is 5.92 Å². The highest BCUT2D eigenvalue weighted by molar-refractivity contribution is 7.81. The number of guanidine groups is 2. The van der Waals surface area contributed by atoms with Crippen molar-refractivity contribution in [2.45, 2.75) is 220 Å². The molecule has 41 heteroatoms. The molecule has 0 radical (unpaired) electrons. The molecule has 1 fully saturated rings. The molecule has 0 aromatic heterocycles. The van der Waals surface area contributed by atoms with Crippen molar-refractivity contribution in [2.75, 3.05) is 45.0 Å². The Morgan fingerprint density at radius 1 is 0.495 bits per heavy atom. The van der Waals surface area contributed by atoms with Gasteiger partial charge < -0.3 is 131 Å². The number of aliphatic imine (C=N–C) groups is 2. The number of hydrogen-bond acceptors (Lipinski definition) is 24. The number of nitrogens with one attached hydrogen (secondary N) is 11. The van der Waals surface area contributed by atoms with Crippen LogP contribution in [0.1, 0.15) is 135 Å². The number of carboxylic acid groups (broad SMARTS) is 1. The average molecular weight is 1520 g/mol. The summed E-state index contributed by atoms with van der Waals surface area (Å²) in [7, 11) is 0. The van der Waals surface area contributed by atoms with Crippen molar-refractivity contribution in [3.8, 4) is 5.75 Å². The second kappa shape index (κ2) is 48.3. The van der Waals surface area contributed by atoms with Crippen molar-refractivity contribution in [1.29, 1.82) is 0 Å².